The highest BCUT2D eigenvalue weighted by molar-refractivity contribution is 6.35. The van der Waals surface area contributed by atoms with Crippen molar-refractivity contribution in [2.75, 3.05) is 7.11 Å². The predicted molar refractivity (Wildman–Crippen MR) is 72.5 cm³/mol. The fourth-order valence-corrected chi connectivity index (χ4v) is 2.08. The van der Waals surface area contributed by atoms with Gasteiger partial charge in [0.05, 0.1) is 12.1 Å². The molecule has 0 unspecified atom stereocenters. The highest BCUT2D eigenvalue weighted by atomic mass is 35.5. The molecule has 0 atom stereocenters. The molecule has 0 saturated carbocycles. The molecular formula is C14H14ClNO2. The van der Waals surface area contributed by atoms with Crippen molar-refractivity contribution in [3.05, 3.63) is 35.0 Å². The Morgan fingerprint density at radius 1 is 1.44 bits per heavy atom. The molecule has 18 heavy (non-hydrogen) atoms. The SMILES string of the molecule is CCCC(=O)c1cc(OC)c2nccc(Cl)c2c1. The number of benzene rings is 1. The summed E-state index contributed by atoms with van der Waals surface area (Å²) in [7, 11) is 1.56. The van der Waals surface area contributed by atoms with E-state index in [4.69, 9.17) is 16.3 Å². The van der Waals surface area contributed by atoms with E-state index >= 15 is 0 Å². The Hall–Kier alpha value is -1.61. The molecule has 0 radical (unpaired) electrons. The number of pyridine rings is 1. The van der Waals surface area contributed by atoms with Crippen molar-refractivity contribution in [1.82, 2.24) is 4.98 Å². The molecule has 0 bridgehead atoms. The summed E-state index contributed by atoms with van der Waals surface area (Å²) >= 11 is 6.13. The number of ether oxygens (including phenoxy) is 1. The Balaban J connectivity index is 2.64. The fraction of sp³-hybridized carbons (Fsp3) is 0.286. The minimum atomic E-state index is 0.0950. The molecule has 0 amide bonds. The molecule has 2 rings (SSSR count). The highest BCUT2D eigenvalue weighted by Crippen LogP contribution is 2.30. The van der Waals surface area contributed by atoms with E-state index in [1.807, 2.05) is 6.92 Å². The summed E-state index contributed by atoms with van der Waals surface area (Å²) in [6.07, 6.45) is 2.97. The predicted octanol–water partition coefficient (Wildman–Crippen LogP) is 3.88. The Labute approximate surface area is 111 Å². The maximum absolute atomic E-state index is 11.9. The van der Waals surface area contributed by atoms with Crippen LogP contribution in [-0.2, 0) is 0 Å². The van der Waals surface area contributed by atoms with Gasteiger partial charge in [-0.25, -0.2) is 0 Å². The number of carbonyl (C=O) groups excluding carboxylic acids is 1. The first-order chi connectivity index (χ1) is 8.67. The monoisotopic (exact) mass is 263 g/mol. The van der Waals surface area contributed by atoms with Crippen LogP contribution in [-0.4, -0.2) is 17.9 Å². The molecule has 0 aliphatic rings. The van der Waals surface area contributed by atoms with Gasteiger partial charge in [0.2, 0.25) is 0 Å². The molecule has 0 N–H and O–H groups in total. The molecule has 3 nitrogen and oxygen atoms in total. The molecule has 1 heterocycles. The van der Waals surface area contributed by atoms with Crippen molar-refractivity contribution < 1.29 is 9.53 Å². The molecule has 0 spiro atoms. The third kappa shape index (κ3) is 2.31. The van der Waals surface area contributed by atoms with Crippen LogP contribution >= 0.6 is 11.6 Å². The van der Waals surface area contributed by atoms with Gasteiger partial charge in [-0.05, 0) is 24.6 Å². The summed E-state index contributed by atoms with van der Waals surface area (Å²) in [6.45, 7) is 1.98. The Bertz CT molecular complexity index is 596. The van der Waals surface area contributed by atoms with Crippen LogP contribution in [0.25, 0.3) is 10.9 Å². The Morgan fingerprint density at radius 3 is 2.89 bits per heavy atom. The van der Waals surface area contributed by atoms with E-state index in [0.29, 0.717) is 28.3 Å². The van der Waals surface area contributed by atoms with Crippen LogP contribution in [0.3, 0.4) is 0 Å². The van der Waals surface area contributed by atoms with Crippen molar-refractivity contribution in [3.8, 4) is 5.75 Å². The van der Waals surface area contributed by atoms with Crippen LogP contribution in [0.2, 0.25) is 5.02 Å². The average molecular weight is 264 g/mol. The lowest BCUT2D eigenvalue weighted by Gasteiger charge is -2.08. The topological polar surface area (TPSA) is 39.2 Å². The van der Waals surface area contributed by atoms with Crippen molar-refractivity contribution in [2.24, 2.45) is 0 Å². The van der Waals surface area contributed by atoms with E-state index < -0.39 is 0 Å². The number of Topliss-reactive ketones (excluding diaryl/α,β-unsaturated/α-hetero) is 1. The van der Waals surface area contributed by atoms with Gasteiger partial charge in [-0.2, -0.15) is 0 Å². The summed E-state index contributed by atoms with van der Waals surface area (Å²) in [5, 5.41) is 1.32. The average Bonchev–Trinajstić information content (AvgIpc) is 2.38. The maximum atomic E-state index is 11.9. The lowest BCUT2D eigenvalue weighted by atomic mass is 10.0. The quantitative estimate of drug-likeness (QED) is 0.786. The van der Waals surface area contributed by atoms with E-state index in [1.165, 1.54) is 0 Å². The number of aromatic nitrogens is 1. The fourth-order valence-electron chi connectivity index (χ4n) is 1.88. The smallest absolute Gasteiger partial charge is 0.163 e. The zero-order valence-corrected chi connectivity index (χ0v) is 11.1. The zero-order chi connectivity index (χ0) is 13.1. The third-order valence-corrected chi connectivity index (χ3v) is 3.11. The molecular weight excluding hydrogens is 250 g/mol. The zero-order valence-electron chi connectivity index (χ0n) is 10.4. The minimum absolute atomic E-state index is 0.0950. The number of ketones is 1. The van der Waals surface area contributed by atoms with E-state index in [2.05, 4.69) is 4.98 Å². The minimum Gasteiger partial charge on any atom is -0.494 e. The van der Waals surface area contributed by atoms with E-state index in [9.17, 15) is 4.79 Å². The third-order valence-electron chi connectivity index (χ3n) is 2.78. The first kappa shape index (κ1) is 12.8. The van der Waals surface area contributed by atoms with Gasteiger partial charge in [-0.1, -0.05) is 18.5 Å². The van der Waals surface area contributed by atoms with Crippen LogP contribution in [0.15, 0.2) is 24.4 Å². The number of halogens is 1. The first-order valence-electron chi connectivity index (χ1n) is 5.82. The van der Waals surface area contributed by atoms with Gasteiger partial charge in [-0.15, -0.1) is 0 Å². The molecule has 94 valence electrons. The second kappa shape index (κ2) is 5.36. The van der Waals surface area contributed by atoms with E-state index in [0.717, 1.165) is 11.8 Å². The lowest BCUT2D eigenvalue weighted by molar-refractivity contribution is 0.0981. The van der Waals surface area contributed by atoms with Crippen LogP contribution in [0.4, 0.5) is 0 Å². The number of methoxy groups -OCH3 is 1. The van der Waals surface area contributed by atoms with Crippen molar-refractivity contribution >= 4 is 28.3 Å². The molecule has 0 aliphatic heterocycles. The molecule has 1 aromatic heterocycles. The van der Waals surface area contributed by atoms with Gasteiger partial charge in [0.1, 0.15) is 11.3 Å². The highest BCUT2D eigenvalue weighted by Gasteiger charge is 2.12. The largest absolute Gasteiger partial charge is 0.494 e. The van der Waals surface area contributed by atoms with Crippen molar-refractivity contribution in [1.29, 1.82) is 0 Å². The second-order valence-corrected chi connectivity index (χ2v) is 4.45. The van der Waals surface area contributed by atoms with Crippen LogP contribution in [0, 0.1) is 0 Å². The molecule has 2 aromatic rings. The lowest BCUT2D eigenvalue weighted by Crippen LogP contribution is -2.00. The molecule has 0 aliphatic carbocycles. The van der Waals surface area contributed by atoms with Gasteiger partial charge in [0.15, 0.2) is 5.78 Å². The normalized spacial score (nSPS) is 10.6. The van der Waals surface area contributed by atoms with Crippen molar-refractivity contribution in [2.45, 2.75) is 19.8 Å². The summed E-state index contributed by atoms with van der Waals surface area (Å²) in [4.78, 5) is 16.2. The summed E-state index contributed by atoms with van der Waals surface area (Å²) in [6, 6.07) is 5.21. The van der Waals surface area contributed by atoms with E-state index in [1.54, 1.807) is 31.5 Å². The van der Waals surface area contributed by atoms with Gasteiger partial charge in [-0.3, -0.25) is 9.78 Å². The summed E-state index contributed by atoms with van der Waals surface area (Å²) in [5.41, 5.74) is 1.30. The van der Waals surface area contributed by atoms with Crippen molar-refractivity contribution in [3.63, 3.8) is 0 Å². The number of rotatable bonds is 4. The number of carbonyl (C=O) groups is 1. The molecule has 0 fully saturated rings. The number of hydrogen-bond donors (Lipinski definition) is 0. The molecule has 4 heteroatoms. The van der Waals surface area contributed by atoms with Gasteiger partial charge < -0.3 is 4.74 Å². The number of hydrogen-bond acceptors (Lipinski definition) is 3. The Morgan fingerprint density at radius 2 is 2.22 bits per heavy atom. The van der Waals surface area contributed by atoms with Gasteiger partial charge in [0, 0.05) is 23.6 Å². The summed E-state index contributed by atoms with van der Waals surface area (Å²) < 4.78 is 5.28. The van der Waals surface area contributed by atoms with Crippen LogP contribution in [0.1, 0.15) is 30.1 Å². The first-order valence-corrected chi connectivity index (χ1v) is 6.20. The van der Waals surface area contributed by atoms with Crippen LogP contribution < -0.4 is 4.74 Å². The molecule has 0 saturated heterocycles. The summed E-state index contributed by atoms with van der Waals surface area (Å²) in [5.74, 6) is 0.673. The Kier molecular flexibility index (Phi) is 3.82. The number of nitrogens with zero attached hydrogens (tertiary/aromatic N) is 1. The number of fused-ring (bicyclic) bond motifs is 1. The second-order valence-electron chi connectivity index (χ2n) is 4.04. The van der Waals surface area contributed by atoms with E-state index in [-0.39, 0.29) is 5.78 Å². The molecule has 1 aromatic carbocycles. The van der Waals surface area contributed by atoms with Gasteiger partial charge in [0.25, 0.3) is 0 Å². The maximum Gasteiger partial charge on any atom is 0.163 e. The standard InChI is InChI=1S/C14H14ClNO2/c1-3-4-12(17)9-7-10-11(15)5-6-16-14(10)13(8-9)18-2/h5-8H,3-4H2,1-2H3. The van der Waals surface area contributed by atoms with Crippen LogP contribution in [0.5, 0.6) is 5.75 Å². The van der Waals surface area contributed by atoms with Gasteiger partial charge >= 0.3 is 0 Å².